The van der Waals surface area contributed by atoms with Crippen LogP contribution in [0.15, 0.2) is 71.6 Å². The Labute approximate surface area is 225 Å². The van der Waals surface area contributed by atoms with Crippen LogP contribution in [0.25, 0.3) is 6.08 Å². The van der Waals surface area contributed by atoms with E-state index in [9.17, 15) is 24.5 Å². The lowest BCUT2D eigenvalue weighted by atomic mass is 10.1. The Morgan fingerprint density at radius 1 is 1.05 bits per heavy atom. The van der Waals surface area contributed by atoms with Gasteiger partial charge >= 0.3 is 0 Å². The number of anilines is 1. The molecule has 0 bridgehead atoms. The van der Waals surface area contributed by atoms with Crippen molar-refractivity contribution in [2.75, 3.05) is 11.9 Å². The molecule has 1 heterocycles. The third-order valence-electron chi connectivity index (χ3n) is 5.14. The Hall–Kier alpha value is -3.86. The van der Waals surface area contributed by atoms with E-state index in [2.05, 4.69) is 5.32 Å². The average Bonchev–Trinajstić information content (AvgIpc) is 3.12. The number of carbonyl (C=O) groups is 3. The van der Waals surface area contributed by atoms with Crippen LogP contribution in [-0.4, -0.2) is 33.5 Å². The number of para-hydroxylation sites is 1. The normalized spacial score (nSPS) is 14.2. The first kappa shape index (κ1) is 26.2. The molecule has 0 radical (unpaired) electrons. The fourth-order valence-corrected chi connectivity index (χ4v) is 4.54. The standard InChI is InChI=1S/C25H17Cl2N3O6S/c26-17-5-8-19(9-6-17)28-23(31)14-36-21-10-7-18(27)11-16(21)12-22-24(32)29(25(33)37-22)13-15-3-1-2-4-20(15)30(34)35/h1-12H,13-14H2,(H,28,31)/b22-12-. The zero-order valence-corrected chi connectivity index (χ0v) is 21.2. The minimum absolute atomic E-state index is 0.0846. The van der Waals surface area contributed by atoms with E-state index < -0.39 is 22.0 Å². The van der Waals surface area contributed by atoms with Gasteiger partial charge in [-0.3, -0.25) is 29.4 Å². The van der Waals surface area contributed by atoms with Gasteiger partial charge in [0.2, 0.25) is 0 Å². The number of carbonyl (C=O) groups excluding carboxylic acids is 3. The molecule has 0 spiro atoms. The molecule has 0 unspecified atom stereocenters. The van der Waals surface area contributed by atoms with Gasteiger partial charge < -0.3 is 10.1 Å². The van der Waals surface area contributed by atoms with Gasteiger partial charge in [-0.25, -0.2) is 0 Å². The smallest absolute Gasteiger partial charge is 0.293 e. The number of nitrogens with zero attached hydrogens (tertiary/aromatic N) is 2. The van der Waals surface area contributed by atoms with Gasteiger partial charge in [-0.15, -0.1) is 0 Å². The lowest BCUT2D eigenvalue weighted by molar-refractivity contribution is -0.385. The van der Waals surface area contributed by atoms with Crippen molar-refractivity contribution in [3.8, 4) is 5.75 Å². The molecular formula is C25H17Cl2N3O6S. The molecule has 3 amide bonds. The van der Waals surface area contributed by atoms with Gasteiger partial charge in [0.15, 0.2) is 6.61 Å². The van der Waals surface area contributed by atoms with Crippen LogP contribution in [0.4, 0.5) is 16.2 Å². The highest BCUT2D eigenvalue weighted by molar-refractivity contribution is 8.18. The second-order valence-electron chi connectivity index (χ2n) is 7.68. The van der Waals surface area contributed by atoms with Gasteiger partial charge in [-0.05, 0) is 60.3 Å². The molecule has 0 aliphatic carbocycles. The molecule has 1 fully saturated rings. The summed E-state index contributed by atoms with van der Waals surface area (Å²) in [4.78, 5) is 49.6. The van der Waals surface area contributed by atoms with E-state index >= 15 is 0 Å². The van der Waals surface area contributed by atoms with Gasteiger partial charge in [0.25, 0.3) is 22.7 Å². The quantitative estimate of drug-likeness (QED) is 0.200. The van der Waals surface area contributed by atoms with E-state index in [1.54, 1.807) is 42.5 Å². The number of hydrogen-bond donors (Lipinski definition) is 1. The first-order valence-corrected chi connectivity index (χ1v) is 12.2. The van der Waals surface area contributed by atoms with E-state index in [4.69, 9.17) is 27.9 Å². The number of rotatable bonds is 8. The predicted octanol–water partition coefficient (Wildman–Crippen LogP) is 6.16. The minimum Gasteiger partial charge on any atom is -0.483 e. The lowest BCUT2D eigenvalue weighted by Gasteiger charge is -2.13. The number of nitro benzene ring substituents is 1. The van der Waals surface area contributed by atoms with Crippen LogP contribution < -0.4 is 10.1 Å². The molecule has 3 aromatic carbocycles. The van der Waals surface area contributed by atoms with Gasteiger partial charge in [-0.2, -0.15) is 0 Å². The van der Waals surface area contributed by atoms with Gasteiger partial charge in [-0.1, -0.05) is 41.4 Å². The Morgan fingerprint density at radius 3 is 2.49 bits per heavy atom. The molecule has 1 aliphatic rings. The van der Waals surface area contributed by atoms with Crippen molar-refractivity contribution in [1.82, 2.24) is 4.90 Å². The highest BCUT2D eigenvalue weighted by Gasteiger charge is 2.36. The number of benzene rings is 3. The summed E-state index contributed by atoms with van der Waals surface area (Å²) in [7, 11) is 0. The number of nitrogens with one attached hydrogen (secondary N) is 1. The molecular weight excluding hydrogens is 541 g/mol. The fraction of sp³-hybridized carbons (Fsp3) is 0.0800. The molecule has 9 nitrogen and oxygen atoms in total. The fourth-order valence-electron chi connectivity index (χ4n) is 3.41. The Bertz CT molecular complexity index is 1430. The summed E-state index contributed by atoms with van der Waals surface area (Å²) in [6.45, 7) is -0.576. The predicted molar refractivity (Wildman–Crippen MR) is 142 cm³/mol. The van der Waals surface area contributed by atoms with Gasteiger partial charge in [0.05, 0.1) is 16.4 Å². The number of imide groups is 1. The van der Waals surface area contributed by atoms with Crippen molar-refractivity contribution in [3.63, 3.8) is 0 Å². The largest absolute Gasteiger partial charge is 0.483 e. The summed E-state index contributed by atoms with van der Waals surface area (Å²) < 4.78 is 5.65. The van der Waals surface area contributed by atoms with Crippen molar-refractivity contribution in [1.29, 1.82) is 0 Å². The molecule has 0 atom stereocenters. The Balaban J connectivity index is 1.50. The number of hydrogen-bond acceptors (Lipinski definition) is 7. The Kier molecular flexibility index (Phi) is 8.12. The number of ether oxygens (including phenoxy) is 1. The van der Waals surface area contributed by atoms with Crippen LogP contribution in [-0.2, 0) is 16.1 Å². The third-order valence-corrected chi connectivity index (χ3v) is 6.53. The molecule has 12 heteroatoms. The van der Waals surface area contributed by atoms with E-state index in [-0.39, 0.29) is 35.1 Å². The van der Waals surface area contributed by atoms with Crippen molar-refractivity contribution in [2.45, 2.75) is 6.54 Å². The minimum atomic E-state index is -0.612. The summed E-state index contributed by atoms with van der Waals surface area (Å²) in [6, 6.07) is 17.1. The maximum atomic E-state index is 13.0. The third kappa shape index (κ3) is 6.48. The number of halogens is 2. The van der Waals surface area contributed by atoms with Crippen molar-refractivity contribution in [2.24, 2.45) is 0 Å². The van der Waals surface area contributed by atoms with E-state index in [1.165, 1.54) is 30.3 Å². The molecule has 0 saturated carbocycles. The van der Waals surface area contributed by atoms with Crippen LogP contribution in [0.3, 0.4) is 0 Å². The second kappa shape index (κ2) is 11.5. The van der Waals surface area contributed by atoms with Gasteiger partial charge in [0, 0.05) is 32.9 Å². The van der Waals surface area contributed by atoms with Crippen LogP contribution in [0.2, 0.25) is 10.0 Å². The Morgan fingerprint density at radius 2 is 1.76 bits per heavy atom. The highest BCUT2D eigenvalue weighted by atomic mass is 35.5. The first-order valence-electron chi connectivity index (χ1n) is 10.7. The monoisotopic (exact) mass is 557 g/mol. The van der Waals surface area contributed by atoms with Crippen LogP contribution >= 0.6 is 35.0 Å². The summed E-state index contributed by atoms with van der Waals surface area (Å²) in [6.07, 6.45) is 1.43. The zero-order chi connectivity index (χ0) is 26.5. The molecule has 1 saturated heterocycles. The molecule has 4 rings (SSSR count). The van der Waals surface area contributed by atoms with Crippen LogP contribution in [0.1, 0.15) is 11.1 Å². The first-order chi connectivity index (χ1) is 17.7. The topological polar surface area (TPSA) is 119 Å². The average molecular weight is 558 g/mol. The van der Waals surface area contributed by atoms with E-state index in [0.29, 0.717) is 33.1 Å². The lowest BCUT2D eigenvalue weighted by Crippen LogP contribution is -2.27. The molecule has 188 valence electrons. The summed E-state index contributed by atoms with van der Waals surface area (Å²) in [5.41, 5.74) is 0.965. The van der Waals surface area contributed by atoms with Crippen LogP contribution in [0, 0.1) is 10.1 Å². The van der Waals surface area contributed by atoms with Crippen molar-refractivity contribution < 1.29 is 24.0 Å². The summed E-state index contributed by atoms with van der Waals surface area (Å²) in [5.74, 6) is -0.770. The van der Waals surface area contributed by atoms with Crippen LogP contribution in [0.5, 0.6) is 5.75 Å². The zero-order valence-electron chi connectivity index (χ0n) is 18.9. The molecule has 37 heavy (non-hydrogen) atoms. The van der Waals surface area contributed by atoms with E-state index in [0.717, 1.165) is 4.90 Å². The molecule has 1 N–H and O–H groups in total. The maximum Gasteiger partial charge on any atom is 0.293 e. The molecule has 0 aromatic heterocycles. The molecule has 1 aliphatic heterocycles. The molecule has 3 aromatic rings. The van der Waals surface area contributed by atoms with Gasteiger partial charge in [0.1, 0.15) is 5.75 Å². The SMILES string of the molecule is O=C(COc1ccc(Cl)cc1/C=C1\SC(=O)N(Cc2ccccc2[N+](=O)[O-])C1=O)Nc1ccc(Cl)cc1. The number of amides is 3. The summed E-state index contributed by atoms with van der Waals surface area (Å²) in [5, 5.41) is 14.3. The number of nitro groups is 1. The number of thioether (sulfide) groups is 1. The maximum absolute atomic E-state index is 13.0. The second-order valence-corrected chi connectivity index (χ2v) is 9.55. The van der Waals surface area contributed by atoms with E-state index in [1.807, 2.05) is 0 Å². The van der Waals surface area contributed by atoms with Crippen molar-refractivity contribution >= 4 is 69.5 Å². The van der Waals surface area contributed by atoms with Crippen molar-refractivity contribution in [3.05, 3.63) is 103 Å². The highest BCUT2D eigenvalue weighted by Crippen LogP contribution is 2.36. The summed E-state index contributed by atoms with van der Waals surface area (Å²) >= 11 is 12.7.